The molecule has 1 saturated carbocycles. The van der Waals surface area contributed by atoms with Crippen LogP contribution in [0.3, 0.4) is 0 Å². The summed E-state index contributed by atoms with van der Waals surface area (Å²) in [6.45, 7) is 2.12. The number of fused-ring (bicyclic) bond motifs is 1. The second-order valence-electron chi connectivity index (χ2n) is 6.45. The van der Waals surface area contributed by atoms with Crippen molar-refractivity contribution in [2.75, 3.05) is 5.32 Å². The molecule has 0 unspecified atom stereocenters. The molecule has 2 aromatic heterocycles. The normalized spacial score (nSPS) is 15.9. The van der Waals surface area contributed by atoms with Gasteiger partial charge in [0.25, 0.3) is 0 Å². The van der Waals surface area contributed by atoms with Gasteiger partial charge in [0.15, 0.2) is 0 Å². The minimum atomic E-state index is 0.535. The highest BCUT2D eigenvalue weighted by atomic mass is 15.2. The number of rotatable bonds is 3. The van der Waals surface area contributed by atoms with Crippen molar-refractivity contribution in [3.8, 4) is 11.3 Å². The van der Waals surface area contributed by atoms with Crippen LogP contribution in [0.25, 0.3) is 17.0 Å². The number of nitrogens with zero attached hydrogens (tertiary/aromatic N) is 3. The molecule has 0 aliphatic heterocycles. The fourth-order valence-electron chi connectivity index (χ4n) is 3.46. The molecule has 3 aromatic rings. The first-order chi connectivity index (χ1) is 11.3. The van der Waals surface area contributed by atoms with Gasteiger partial charge in [-0.15, -0.1) is 0 Å². The SMILES string of the molecule is Cc1cccc(-c2nc3ncccn3c2NC2CCCCC2)c1. The lowest BCUT2D eigenvalue weighted by Crippen LogP contribution is -2.23. The summed E-state index contributed by atoms with van der Waals surface area (Å²) in [6.07, 6.45) is 10.3. The zero-order chi connectivity index (χ0) is 15.6. The Bertz CT molecular complexity index is 815. The van der Waals surface area contributed by atoms with Gasteiger partial charge in [-0.3, -0.25) is 4.40 Å². The quantitative estimate of drug-likeness (QED) is 0.777. The van der Waals surface area contributed by atoms with Gasteiger partial charge in [0.2, 0.25) is 5.78 Å². The van der Waals surface area contributed by atoms with Gasteiger partial charge in [-0.1, -0.05) is 43.0 Å². The first kappa shape index (κ1) is 14.2. The van der Waals surface area contributed by atoms with Crippen molar-refractivity contribution in [3.63, 3.8) is 0 Å². The highest BCUT2D eigenvalue weighted by Crippen LogP contribution is 2.31. The Morgan fingerprint density at radius 3 is 2.83 bits per heavy atom. The van der Waals surface area contributed by atoms with E-state index in [2.05, 4.69) is 45.9 Å². The summed E-state index contributed by atoms with van der Waals surface area (Å²) >= 11 is 0. The van der Waals surface area contributed by atoms with E-state index >= 15 is 0 Å². The van der Waals surface area contributed by atoms with E-state index in [1.807, 2.05) is 12.3 Å². The number of benzene rings is 1. The molecule has 0 saturated heterocycles. The molecule has 4 heteroatoms. The van der Waals surface area contributed by atoms with Crippen LogP contribution in [0.5, 0.6) is 0 Å². The van der Waals surface area contributed by atoms with Gasteiger partial charge in [0.05, 0.1) is 0 Å². The van der Waals surface area contributed by atoms with Crippen LogP contribution in [0.15, 0.2) is 42.7 Å². The number of hydrogen-bond acceptors (Lipinski definition) is 3. The highest BCUT2D eigenvalue weighted by Gasteiger charge is 2.19. The average molecular weight is 306 g/mol. The second-order valence-corrected chi connectivity index (χ2v) is 6.45. The van der Waals surface area contributed by atoms with Gasteiger partial charge >= 0.3 is 0 Å². The van der Waals surface area contributed by atoms with Gasteiger partial charge in [-0.05, 0) is 31.9 Å². The first-order valence-corrected chi connectivity index (χ1v) is 8.48. The van der Waals surface area contributed by atoms with Crippen LogP contribution in [0, 0.1) is 6.92 Å². The molecule has 0 bridgehead atoms. The standard InChI is InChI=1S/C19H22N4/c1-14-7-5-8-15(13-14)17-18(21-16-9-3-2-4-10-16)23-12-6-11-20-19(23)22-17/h5-8,11-13,16,21H,2-4,9-10H2,1H3. The van der Waals surface area contributed by atoms with Crippen molar-refractivity contribution in [1.82, 2.24) is 14.4 Å². The molecule has 2 heterocycles. The molecule has 4 nitrogen and oxygen atoms in total. The summed E-state index contributed by atoms with van der Waals surface area (Å²) in [5, 5.41) is 3.75. The summed E-state index contributed by atoms with van der Waals surface area (Å²) in [5.41, 5.74) is 3.39. The Hall–Kier alpha value is -2.36. The van der Waals surface area contributed by atoms with Gasteiger partial charge in [-0.2, -0.15) is 0 Å². The Kier molecular flexibility index (Phi) is 3.74. The van der Waals surface area contributed by atoms with E-state index in [0.29, 0.717) is 6.04 Å². The van der Waals surface area contributed by atoms with Gasteiger partial charge < -0.3 is 5.32 Å². The molecule has 1 N–H and O–H groups in total. The summed E-state index contributed by atoms with van der Waals surface area (Å²) in [5.74, 6) is 1.83. The van der Waals surface area contributed by atoms with Crippen LogP contribution in [0.1, 0.15) is 37.7 Å². The Labute approximate surface area is 136 Å². The lowest BCUT2D eigenvalue weighted by atomic mass is 9.95. The van der Waals surface area contributed by atoms with Crippen molar-refractivity contribution in [2.45, 2.75) is 45.1 Å². The van der Waals surface area contributed by atoms with Gasteiger partial charge in [0, 0.05) is 24.0 Å². The largest absolute Gasteiger partial charge is 0.367 e. The third-order valence-corrected chi connectivity index (χ3v) is 4.64. The summed E-state index contributed by atoms with van der Waals surface area (Å²) < 4.78 is 2.08. The van der Waals surface area contributed by atoms with Gasteiger partial charge in [-0.25, -0.2) is 9.97 Å². The van der Waals surface area contributed by atoms with Crippen molar-refractivity contribution in [2.24, 2.45) is 0 Å². The van der Waals surface area contributed by atoms with Crippen molar-refractivity contribution in [3.05, 3.63) is 48.3 Å². The second kappa shape index (κ2) is 6.03. The van der Waals surface area contributed by atoms with Crippen LogP contribution in [0.4, 0.5) is 5.82 Å². The predicted octanol–water partition coefficient (Wildman–Crippen LogP) is 4.45. The number of aromatic nitrogens is 3. The molecule has 0 radical (unpaired) electrons. The molecule has 0 amide bonds. The maximum Gasteiger partial charge on any atom is 0.235 e. The maximum atomic E-state index is 4.78. The molecule has 118 valence electrons. The zero-order valence-corrected chi connectivity index (χ0v) is 13.5. The fourth-order valence-corrected chi connectivity index (χ4v) is 3.46. The smallest absolute Gasteiger partial charge is 0.235 e. The minimum Gasteiger partial charge on any atom is -0.367 e. The van der Waals surface area contributed by atoms with Crippen LogP contribution in [-0.2, 0) is 0 Å². The monoisotopic (exact) mass is 306 g/mol. The third-order valence-electron chi connectivity index (χ3n) is 4.64. The lowest BCUT2D eigenvalue weighted by molar-refractivity contribution is 0.461. The Morgan fingerprint density at radius 1 is 1.13 bits per heavy atom. The van der Waals surface area contributed by atoms with E-state index in [4.69, 9.17) is 4.98 Å². The molecule has 1 aliphatic carbocycles. The number of aryl methyl sites for hydroxylation is 1. The minimum absolute atomic E-state index is 0.535. The van der Waals surface area contributed by atoms with E-state index in [1.54, 1.807) is 6.20 Å². The fraction of sp³-hybridized carbons (Fsp3) is 0.368. The van der Waals surface area contributed by atoms with E-state index in [1.165, 1.54) is 37.7 Å². The van der Waals surface area contributed by atoms with E-state index in [-0.39, 0.29) is 0 Å². The van der Waals surface area contributed by atoms with Gasteiger partial charge in [0.1, 0.15) is 11.5 Å². The van der Waals surface area contributed by atoms with E-state index in [9.17, 15) is 0 Å². The molecule has 1 fully saturated rings. The molecule has 1 aliphatic rings. The molecule has 0 atom stereocenters. The van der Waals surface area contributed by atoms with Crippen molar-refractivity contribution < 1.29 is 0 Å². The number of hydrogen-bond donors (Lipinski definition) is 1. The van der Waals surface area contributed by atoms with E-state index in [0.717, 1.165) is 22.9 Å². The number of anilines is 1. The third kappa shape index (κ3) is 2.81. The molecule has 4 rings (SSSR count). The topological polar surface area (TPSA) is 42.2 Å². The van der Waals surface area contributed by atoms with Crippen molar-refractivity contribution >= 4 is 11.6 Å². The van der Waals surface area contributed by atoms with Crippen LogP contribution < -0.4 is 5.32 Å². The number of imidazole rings is 1. The lowest BCUT2D eigenvalue weighted by Gasteiger charge is -2.24. The maximum absolute atomic E-state index is 4.78. The predicted molar refractivity (Wildman–Crippen MR) is 93.7 cm³/mol. The van der Waals surface area contributed by atoms with Crippen LogP contribution in [0.2, 0.25) is 0 Å². The summed E-state index contributed by atoms with van der Waals surface area (Å²) in [7, 11) is 0. The molecule has 1 aromatic carbocycles. The van der Waals surface area contributed by atoms with Crippen LogP contribution in [-0.4, -0.2) is 20.4 Å². The summed E-state index contributed by atoms with van der Waals surface area (Å²) in [6, 6.07) is 11.0. The van der Waals surface area contributed by atoms with Crippen molar-refractivity contribution in [1.29, 1.82) is 0 Å². The average Bonchev–Trinajstić information content (AvgIpc) is 2.95. The molecule has 23 heavy (non-hydrogen) atoms. The highest BCUT2D eigenvalue weighted by molar-refractivity contribution is 5.76. The number of nitrogens with one attached hydrogen (secondary N) is 1. The first-order valence-electron chi connectivity index (χ1n) is 8.48. The molecular weight excluding hydrogens is 284 g/mol. The van der Waals surface area contributed by atoms with Crippen LogP contribution >= 0.6 is 0 Å². The Balaban J connectivity index is 1.80. The summed E-state index contributed by atoms with van der Waals surface area (Å²) in [4.78, 5) is 9.19. The zero-order valence-electron chi connectivity index (χ0n) is 13.5. The molecule has 0 spiro atoms. The Morgan fingerprint density at radius 2 is 2.00 bits per heavy atom. The van der Waals surface area contributed by atoms with E-state index < -0.39 is 0 Å². The molecular formula is C19H22N4.